The predicted molar refractivity (Wildman–Crippen MR) is 112 cm³/mol. The van der Waals surface area contributed by atoms with Gasteiger partial charge in [0.25, 0.3) is 0 Å². The number of likely N-dealkylation sites (tertiary alicyclic amines) is 1. The van der Waals surface area contributed by atoms with Crippen LogP contribution in [0.1, 0.15) is 34.3 Å². The number of nitrogens with one attached hydrogen (secondary N) is 1. The van der Waals surface area contributed by atoms with Gasteiger partial charge in [-0.25, -0.2) is 0 Å². The summed E-state index contributed by atoms with van der Waals surface area (Å²) in [5.41, 5.74) is 3.16. The summed E-state index contributed by atoms with van der Waals surface area (Å²) in [6.07, 6.45) is 2.46. The van der Waals surface area contributed by atoms with Crippen molar-refractivity contribution in [3.05, 3.63) is 65.2 Å². The largest absolute Gasteiger partial charge is 0.488 e. The van der Waals surface area contributed by atoms with Gasteiger partial charge in [-0.3, -0.25) is 14.5 Å². The van der Waals surface area contributed by atoms with Crippen LogP contribution in [0.15, 0.2) is 48.5 Å². The van der Waals surface area contributed by atoms with E-state index in [2.05, 4.69) is 16.3 Å². The van der Waals surface area contributed by atoms with Gasteiger partial charge in [0.15, 0.2) is 5.78 Å². The van der Waals surface area contributed by atoms with Gasteiger partial charge in [-0.2, -0.15) is 0 Å². The molecule has 4 rings (SSSR count). The van der Waals surface area contributed by atoms with Gasteiger partial charge in [0.2, 0.25) is 5.91 Å². The summed E-state index contributed by atoms with van der Waals surface area (Å²) in [6, 6.07) is 15.8. The van der Waals surface area contributed by atoms with Crippen LogP contribution in [0.5, 0.6) is 5.75 Å². The first kappa shape index (κ1) is 19.6. The number of para-hydroxylation sites is 1. The molecule has 1 N–H and O–H groups in total. The molecule has 152 valence electrons. The molecule has 29 heavy (non-hydrogen) atoms. The minimum absolute atomic E-state index is 0.00853. The normalized spacial score (nSPS) is 19.4. The number of ether oxygens (including phenoxy) is 1. The van der Waals surface area contributed by atoms with Crippen molar-refractivity contribution >= 4 is 11.7 Å². The van der Waals surface area contributed by atoms with E-state index in [9.17, 15) is 9.59 Å². The first-order valence-electron chi connectivity index (χ1n) is 10.4. The van der Waals surface area contributed by atoms with Crippen LogP contribution in [-0.2, 0) is 11.2 Å². The zero-order valence-corrected chi connectivity index (χ0v) is 16.9. The predicted octanol–water partition coefficient (Wildman–Crippen LogP) is 3.01. The number of carbonyl (C=O) groups is 2. The third-order valence-corrected chi connectivity index (χ3v) is 5.90. The van der Waals surface area contributed by atoms with Crippen LogP contribution in [0.25, 0.3) is 0 Å². The number of nitrogens with zero attached hydrogens (tertiary/aromatic N) is 1. The third-order valence-electron chi connectivity index (χ3n) is 5.90. The number of amides is 1. The number of hydrogen-bond donors (Lipinski definition) is 1. The third kappa shape index (κ3) is 4.85. The van der Waals surface area contributed by atoms with E-state index in [-0.39, 0.29) is 23.7 Å². The highest BCUT2D eigenvalue weighted by Gasteiger charge is 2.27. The number of aryl methyl sites for hydroxylation is 1. The molecule has 1 fully saturated rings. The molecule has 0 saturated carbocycles. The number of hydrogen-bond acceptors (Lipinski definition) is 4. The number of benzene rings is 2. The summed E-state index contributed by atoms with van der Waals surface area (Å²) in [7, 11) is 0. The summed E-state index contributed by atoms with van der Waals surface area (Å²) in [5.74, 6) is 1.23. The van der Waals surface area contributed by atoms with Crippen molar-refractivity contribution in [1.82, 2.24) is 10.2 Å². The lowest BCUT2D eigenvalue weighted by Crippen LogP contribution is -2.44. The van der Waals surface area contributed by atoms with Gasteiger partial charge in [-0.1, -0.05) is 48.0 Å². The van der Waals surface area contributed by atoms with Crippen molar-refractivity contribution in [2.75, 3.05) is 26.2 Å². The van der Waals surface area contributed by atoms with Gasteiger partial charge in [0.1, 0.15) is 11.9 Å². The minimum atomic E-state index is 0.00853. The molecule has 0 radical (unpaired) electrons. The first-order valence-corrected chi connectivity index (χ1v) is 10.4. The molecule has 0 aliphatic carbocycles. The fourth-order valence-electron chi connectivity index (χ4n) is 4.16. The van der Waals surface area contributed by atoms with E-state index in [0.717, 1.165) is 49.2 Å². The zero-order chi connectivity index (χ0) is 20.2. The maximum Gasteiger partial charge on any atom is 0.234 e. The van der Waals surface area contributed by atoms with Gasteiger partial charge in [-0.05, 0) is 44.5 Å². The van der Waals surface area contributed by atoms with Gasteiger partial charge in [0, 0.05) is 17.9 Å². The second-order valence-corrected chi connectivity index (χ2v) is 8.14. The number of ketones is 1. The molecule has 1 atom stereocenters. The Morgan fingerprint density at radius 3 is 2.52 bits per heavy atom. The number of fused-ring (bicyclic) bond motifs is 1. The molecule has 5 nitrogen and oxygen atoms in total. The Bertz CT molecular complexity index is 845. The van der Waals surface area contributed by atoms with E-state index < -0.39 is 0 Å². The van der Waals surface area contributed by atoms with E-state index in [1.807, 2.05) is 49.4 Å². The van der Waals surface area contributed by atoms with Crippen LogP contribution in [0.2, 0.25) is 0 Å². The molecule has 1 unspecified atom stereocenters. The van der Waals surface area contributed by atoms with Gasteiger partial charge in [-0.15, -0.1) is 0 Å². The Morgan fingerprint density at radius 1 is 1.07 bits per heavy atom. The lowest BCUT2D eigenvalue weighted by Gasteiger charge is -2.30. The van der Waals surface area contributed by atoms with E-state index in [0.29, 0.717) is 13.1 Å². The van der Waals surface area contributed by atoms with Crippen LogP contribution in [-0.4, -0.2) is 48.9 Å². The second-order valence-electron chi connectivity index (χ2n) is 8.14. The quantitative estimate of drug-likeness (QED) is 0.768. The SMILES string of the molecule is Cc1ccc(C(=O)C2CCN(CC(=O)NCC3Cc4ccccc4O3)CC2)cc1. The second kappa shape index (κ2) is 8.78. The molecular formula is C24H28N2O3. The first-order chi connectivity index (χ1) is 14.1. The Labute approximate surface area is 172 Å². The van der Waals surface area contributed by atoms with E-state index >= 15 is 0 Å². The van der Waals surface area contributed by atoms with E-state index in [4.69, 9.17) is 4.74 Å². The average Bonchev–Trinajstić information content (AvgIpc) is 3.16. The summed E-state index contributed by atoms with van der Waals surface area (Å²) >= 11 is 0. The molecule has 2 aromatic carbocycles. The highest BCUT2D eigenvalue weighted by atomic mass is 16.5. The minimum Gasteiger partial charge on any atom is -0.488 e. The van der Waals surface area contributed by atoms with Crippen molar-refractivity contribution in [3.8, 4) is 5.75 Å². The number of rotatable bonds is 6. The molecule has 2 aliphatic rings. The lowest BCUT2D eigenvalue weighted by atomic mass is 9.88. The Hall–Kier alpha value is -2.66. The molecule has 5 heteroatoms. The monoisotopic (exact) mass is 392 g/mol. The number of Topliss-reactive ketones (excluding diaryl/α,β-unsaturated/α-hetero) is 1. The van der Waals surface area contributed by atoms with Crippen LogP contribution < -0.4 is 10.1 Å². The highest BCUT2D eigenvalue weighted by Crippen LogP contribution is 2.27. The molecular weight excluding hydrogens is 364 g/mol. The molecule has 2 aromatic rings. The summed E-state index contributed by atoms with van der Waals surface area (Å²) < 4.78 is 5.87. The lowest BCUT2D eigenvalue weighted by molar-refractivity contribution is -0.122. The molecule has 2 heterocycles. The summed E-state index contributed by atoms with van der Waals surface area (Å²) in [4.78, 5) is 27.1. The number of piperidine rings is 1. The van der Waals surface area contributed by atoms with Gasteiger partial charge < -0.3 is 10.1 Å². The van der Waals surface area contributed by atoms with Crippen LogP contribution in [0, 0.1) is 12.8 Å². The van der Waals surface area contributed by atoms with Crippen molar-refractivity contribution in [1.29, 1.82) is 0 Å². The standard InChI is InChI=1S/C24H28N2O3/c1-17-6-8-18(9-7-17)24(28)19-10-12-26(13-11-19)16-23(27)25-15-21-14-20-4-2-3-5-22(20)29-21/h2-9,19,21H,10-16H2,1H3,(H,25,27). The summed E-state index contributed by atoms with van der Waals surface area (Å²) in [5, 5.41) is 3.00. The Balaban J connectivity index is 1.18. The van der Waals surface area contributed by atoms with Crippen LogP contribution in [0.3, 0.4) is 0 Å². The molecule has 2 aliphatic heterocycles. The maximum atomic E-state index is 12.7. The Morgan fingerprint density at radius 2 is 1.79 bits per heavy atom. The molecule has 0 bridgehead atoms. The van der Waals surface area contributed by atoms with E-state index in [1.54, 1.807) is 0 Å². The Kier molecular flexibility index (Phi) is 5.95. The van der Waals surface area contributed by atoms with E-state index in [1.165, 1.54) is 5.56 Å². The van der Waals surface area contributed by atoms with Gasteiger partial charge >= 0.3 is 0 Å². The maximum absolute atomic E-state index is 12.7. The van der Waals surface area contributed by atoms with Gasteiger partial charge in [0.05, 0.1) is 13.1 Å². The smallest absolute Gasteiger partial charge is 0.234 e. The van der Waals surface area contributed by atoms with Crippen molar-refractivity contribution in [3.63, 3.8) is 0 Å². The van der Waals surface area contributed by atoms with Crippen molar-refractivity contribution in [2.24, 2.45) is 5.92 Å². The van der Waals surface area contributed by atoms with Crippen LogP contribution in [0.4, 0.5) is 0 Å². The molecule has 0 spiro atoms. The zero-order valence-electron chi connectivity index (χ0n) is 16.9. The fourth-order valence-corrected chi connectivity index (χ4v) is 4.16. The van der Waals surface area contributed by atoms with Crippen molar-refractivity contribution < 1.29 is 14.3 Å². The summed E-state index contributed by atoms with van der Waals surface area (Å²) in [6.45, 7) is 4.48. The molecule has 1 amide bonds. The fraction of sp³-hybridized carbons (Fsp3) is 0.417. The average molecular weight is 392 g/mol. The molecule has 0 aromatic heterocycles. The highest BCUT2D eigenvalue weighted by molar-refractivity contribution is 5.97. The van der Waals surface area contributed by atoms with Crippen LogP contribution >= 0.6 is 0 Å². The van der Waals surface area contributed by atoms with Crippen molar-refractivity contribution in [2.45, 2.75) is 32.3 Å². The topological polar surface area (TPSA) is 58.6 Å². The molecule has 1 saturated heterocycles. The number of carbonyl (C=O) groups excluding carboxylic acids is 2.